The molecule has 136 valence electrons. The first kappa shape index (κ1) is 17.3. The number of nitrogens with zero attached hydrogens (tertiary/aromatic N) is 3. The second-order valence-corrected chi connectivity index (χ2v) is 6.84. The number of hydrogen-bond acceptors (Lipinski definition) is 3. The van der Waals surface area contributed by atoms with Crippen molar-refractivity contribution >= 4 is 34.2 Å². The number of aromatic amines is 1. The number of anilines is 1. The van der Waals surface area contributed by atoms with Crippen LogP contribution in [-0.4, -0.2) is 25.7 Å². The van der Waals surface area contributed by atoms with Crippen molar-refractivity contribution in [3.8, 4) is 11.4 Å². The number of carbonyl (C=O) groups is 1. The summed E-state index contributed by atoms with van der Waals surface area (Å²) in [4.78, 5) is 20.8. The first-order chi connectivity index (χ1) is 12.9. The van der Waals surface area contributed by atoms with Crippen molar-refractivity contribution in [2.45, 2.75) is 13.8 Å². The van der Waals surface area contributed by atoms with E-state index in [0.29, 0.717) is 27.9 Å². The summed E-state index contributed by atoms with van der Waals surface area (Å²) in [6.07, 6.45) is 0. The van der Waals surface area contributed by atoms with E-state index in [4.69, 9.17) is 11.6 Å². The van der Waals surface area contributed by atoms with Crippen molar-refractivity contribution in [3.05, 3.63) is 64.4 Å². The third kappa shape index (κ3) is 3.08. The zero-order valence-corrected chi connectivity index (χ0v) is 15.9. The van der Waals surface area contributed by atoms with E-state index in [1.54, 1.807) is 14.0 Å². The predicted octanol–water partition coefficient (Wildman–Crippen LogP) is 4.49. The molecule has 0 fully saturated rings. The fourth-order valence-electron chi connectivity index (χ4n) is 3.12. The van der Waals surface area contributed by atoms with Crippen molar-refractivity contribution in [3.63, 3.8) is 0 Å². The van der Waals surface area contributed by atoms with Crippen LogP contribution in [0.15, 0.2) is 42.5 Å². The van der Waals surface area contributed by atoms with Crippen LogP contribution in [0, 0.1) is 13.8 Å². The number of rotatable bonds is 3. The van der Waals surface area contributed by atoms with Crippen LogP contribution in [0.4, 0.5) is 5.69 Å². The monoisotopic (exact) mass is 379 g/mol. The fourth-order valence-corrected chi connectivity index (χ4v) is 3.38. The first-order valence-corrected chi connectivity index (χ1v) is 8.88. The van der Waals surface area contributed by atoms with Crippen LogP contribution in [0.2, 0.25) is 5.15 Å². The van der Waals surface area contributed by atoms with Gasteiger partial charge in [0.1, 0.15) is 11.0 Å². The molecule has 2 heterocycles. The Bertz CT molecular complexity index is 1170. The Labute approximate surface area is 161 Å². The van der Waals surface area contributed by atoms with Crippen molar-refractivity contribution in [2.75, 3.05) is 5.32 Å². The Morgan fingerprint density at radius 1 is 1.19 bits per heavy atom. The third-order valence-electron chi connectivity index (χ3n) is 4.45. The Balaban J connectivity index is 1.73. The van der Waals surface area contributed by atoms with Crippen molar-refractivity contribution in [1.82, 2.24) is 19.7 Å². The van der Waals surface area contributed by atoms with Gasteiger partial charge in [-0.15, -0.1) is 0 Å². The molecule has 7 heteroatoms. The standard InChI is InChI=1S/C20H18ClN5O/c1-11-8-9-15-16(10-11)23-19(22-15)13-6-4-5-7-14(13)24-20(27)17-12(2)25-26(3)18(17)21/h4-10H,1-3H3,(H,22,23)(H,24,27). The van der Waals surface area contributed by atoms with Crippen molar-refractivity contribution < 1.29 is 4.79 Å². The van der Waals surface area contributed by atoms with Gasteiger partial charge in [-0.1, -0.05) is 29.8 Å². The average Bonchev–Trinajstić information content (AvgIpc) is 3.15. The first-order valence-electron chi connectivity index (χ1n) is 8.50. The van der Waals surface area contributed by atoms with Gasteiger partial charge in [0.2, 0.25) is 0 Å². The van der Waals surface area contributed by atoms with Crippen LogP contribution in [0.1, 0.15) is 21.6 Å². The molecule has 4 rings (SSSR count). The second-order valence-electron chi connectivity index (χ2n) is 6.48. The molecule has 0 aliphatic carbocycles. The maximum absolute atomic E-state index is 12.8. The summed E-state index contributed by atoms with van der Waals surface area (Å²) >= 11 is 6.22. The molecule has 0 saturated heterocycles. The summed E-state index contributed by atoms with van der Waals surface area (Å²) in [5.41, 5.74) is 5.39. The van der Waals surface area contributed by atoms with E-state index in [0.717, 1.165) is 22.2 Å². The van der Waals surface area contributed by atoms with Crippen LogP contribution >= 0.6 is 11.6 Å². The van der Waals surface area contributed by atoms with Crippen LogP contribution < -0.4 is 5.32 Å². The van der Waals surface area contributed by atoms with Crippen molar-refractivity contribution in [1.29, 1.82) is 0 Å². The topological polar surface area (TPSA) is 75.6 Å². The SMILES string of the molecule is Cc1ccc2nc(-c3ccccc3NC(=O)c3c(C)nn(C)c3Cl)[nH]c2c1. The largest absolute Gasteiger partial charge is 0.338 e. The number of carbonyl (C=O) groups excluding carboxylic acids is 1. The zero-order chi connectivity index (χ0) is 19.1. The normalized spacial score (nSPS) is 11.1. The van der Waals surface area contributed by atoms with Crippen LogP contribution in [0.25, 0.3) is 22.4 Å². The number of benzene rings is 2. The minimum Gasteiger partial charge on any atom is -0.338 e. The Kier molecular flexibility index (Phi) is 4.20. The molecular weight excluding hydrogens is 362 g/mol. The predicted molar refractivity (Wildman–Crippen MR) is 107 cm³/mol. The number of hydrogen-bond donors (Lipinski definition) is 2. The molecular formula is C20H18ClN5O. The Morgan fingerprint density at radius 3 is 2.70 bits per heavy atom. The number of fused-ring (bicyclic) bond motifs is 1. The smallest absolute Gasteiger partial charge is 0.260 e. The number of imidazole rings is 1. The number of halogens is 1. The fraction of sp³-hybridized carbons (Fsp3) is 0.150. The van der Waals surface area contributed by atoms with Crippen LogP contribution in [0.3, 0.4) is 0 Å². The summed E-state index contributed by atoms with van der Waals surface area (Å²) in [7, 11) is 1.70. The van der Waals surface area contributed by atoms with E-state index in [2.05, 4.69) is 20.4 Å². The molecule has 0 atom stereocenters. The van der Waals surface area contributed by atoms with Gasteiger partial charge in [0.15, 0.2) is 0 Å². The minimum atomic E-state index is -0.301. The molecule has 0 aliphatic heterocycles. The highest BCUT2D eigenvalue weighted by Crippen LogP contribution is 2.29. The molecule has 0 spiro atoms. The zero-order valence-electron chi connectivity index (χ0n) is 15.2. The number of aromatic nitrogens is 4. The molecule has 2 aromatic heterocycles. The molecule has 2 aromatic carbocycles. The molecule has 27 heavy (non-hydrogen) atoms. The summed E-state index contributed by atoms with van der Waals surface area (Å²) < 4.78 is 1.49. The molecule has 0 saturated carbocycles. The van der Waals surface area contributed by atoms with Gasteiger partial charge in [0, 0.05) is 12.6 Å². The van der Waals surface area contributed by atoms with E-state index in [1.165, 1.54) is 4.68 Å². The van der Waals surface area contributed by atoms with Gasteiger partial charge in [0.05, 0.1) is 28.0 Å². The lowest BCUT2D eigenvalue weighted by molar-refractivity contribution is 0.102. The summed E-state index contributed by atoms with van der Waals surface area (Å²) in [5.74, 6) is 0.394. The van der Waals surface area contributed by atoms with E-state index >= 15 is 0 Å². The maximum atomic E-state index is 12.8. The number of H-pyrrole nitrogens is 1. The van der Waals surface area contributed by atoms with Gasteiger partial charge in [-0.2, -0.15) is 5.10 Å². The highest BCUT2D eigenvalue weighted by Gasteiger charge is 2.20. The van der Waals surface area contributed by atoms with E-state index in [9.17, 15) is 4.79 Å². The van der Waals surface area contributed by atoms with Gasteiger partial charge in [-0.25, -0.2) is 4.98 Å². The van der Waals surface area contributed by atoms with Gasteiger partial charge in [0.25, 0.3) is 5.91 Å². The van der Waals surface area contributed by atoms with Crippen LogP contribution in [0.5, 0.6) is 0 Å². The minimum absolute atomic E-state index is 0.301. The molecule has 6 nitrogen and oxygen atoms in total. The third-order valence-corrected chi connectivity index (χ3v) is 4.88. The van der Waals surface area contributed by atoms with E-state index in [-0.39, 0.29) is 5.91 Å². The molecule has 0 aliphatic rings. The molecule has 2 N–H and O–H groups in total. The summed E-state index contributed by atoms with van der Waals surface area (Å²) in [6.45, 7) is 3.79. The number of nitrogens with one attached hydrogen (secondary N) is 2. The second kappa shape index (κ2) is 6.55. The maximum Gasteiger partial charge on any atom is 0.260 e. The van der Waals surface area contributed by atoms with E-state index in [1.807, 2.05) is 49.4 Å². The Hall–Kier alpha value is -3.12. The molecule has 0 radical (unpaired) electrons. The van der Waals surface area contributed by atoms with Gasteiger partial charge in [-0.05, 0) is 43.7 Å². The van der Waals surface area contributed by atoms with E-state index < -0.39 is 0 Å². The molecule has 4 aromatic rings. The lowest BCUT2D eigenvalue weighted by Crippen LogP contribution is -2.14. The number of aryl methyl sites for hydroxylation is 3. The highest BCUT2D eigenvalue weighted by atomic mass is 35.5. The Morgan fingerprint density at radius 2 is 1.96 bits per heavy atom. The molecule has 0 bridgehead atoms. The van der Waals surface area contributed by atoms with Gasteiger partial charge < -0.3 is 10.3 Å². The number of para-hydroxylation sites is 1. The van der Waals surface area contributed by atoms with Crippen molar-refractivity contribution in [2.24, 2.45) is 7.05 Å². The molecule has 0 unspecified atom stereocenters. The molecule has 1 amide bonds. The summed E-state index contributed by atoms with van der Waals surface area (Å²) in [6, 6.07) is 13.6. The lowest BCUT2D eigenvalue weighted by atomic mass is 10.1. The lowest BCUT2D eigenvalue weighted by Gasteiger charge is -2.09. The van der Waals surface area contributed by atoms with Gasteiger partial charge in [-0.3, -0.25) is 9.48 Å². The summed E-state index contributed by atoms with van der Waals surface area (Å²) in [5, 5.41) is 7.44. The van der Waals surface area contributed by atoms with Crippen LogP contribution in [-0.2, 0) is 7.05 Å². The number of amides is 1. The average molecular weight is 380 g/mol. The van der Waals surface area contributed by atoms with Gasteiger partial charge >= 0.3 is 0 Å². The highest BCUT2D eigenvalue weighted by molar-refractivity contribution is 6.33. The quantitative estimate of drug-likeness (QED) is 0.550.